The monoisotopic (exact) mass is 240 g/mol. The Morgan fingerprint density at radius 3 is 2.67 bits per heavy atom. The SMILES string of the molecule is FC(F)(F)CCCCn1cncc1CCl. The van der Waals surface area contributed by atoms with Crippen LogP contribution in [0.25, 0.3) is 0 Å². The van der Waals surface area contributed by atoms with Crippen LogP contribution in [0.5, 0.6) is 0 Å². The van der Waals surface area contributed by atoms with E-state index < -0.39 is 12.6 Å². The van der Waals surface area contributed by atoms with Crippen molar-refractivity contribution >= 4 is 11.6 Å². The second-order valence-corrected chi connectivity index (χ2v) is 3.55. The quantitative estimate of drug-likeness (QED) is 0.570. The molecule has 0 spiro atoms. The topological polar surface area (TPSA) is 17.8 Å². The molecule has 0 atom stereocenters. The molecule has 0 amide bonds. The second-order valence-electron chi connectivity index (χ2n) is 3.28. The summed E-state index contributed by atoms with van der Waals surface area (Å²) in [5, 5.41) is 0. The van der Waals surface area contributed by atoms with Gasteiger partial charge in [0.05, 0.1) is 17.9 Å². The molecule has 0 bridgehead atoms. The van der Waals surface area contributed by atoms with Crippen LogP contribution in [0, 0.1) is 0 Å². The van der Waals surface area contributed by atoms with Crippen molar-refractivity contribution in [1.82, 2.24) is 9.55 Å². The number of unbranched alkanes of at least 4 members (excludes halogenated alkanes) is 1. The maximum atomic E-state index is 11.8. The maximum Gasteiger partial charge on any atom is 0.389 e. The molecule has 0 fully saturated rings. The molecule has 1 heterocycles. The fourth-order valence-corrected chi connectivity index (χ4v) is 1.49. The van der Waals surface area contributed by atoms with E-state index in [1.54, 1.807) is 17.1 Å². The summed E-state index contributed by atoms with van der Waals surface area (Å²) in [7, 11) is 0. The molecule has 86 valence electrons. The van der Waals surface area contributed by atoms with Crippen LogP contribution in [0.2, 0.25) is 0 Å². The number of nitrogens with zero attached hydrogens (tertiary/aromatic N) is 2. The zero-order valence-corrected chi connectivity index (χ0v) is 8.85. The first kappa shape index (κ1) is 12.4. The molecule has 0 unspecified atom stereocenters. The Morgan fingerprint density at radius 2 is 2.07 bits per heavy atom. The normalized spacial score (nSPS) is 12.0. The predicted molar refractivity (Wildman–Crippen MR) is 51.7 cm³/mol. The molecule has 15 heavy (non-hydrogen) atoms. The molecule has 0 aliphatic heterocycles. The van der Waals surface area contributed by atoms with Crippen molar-refractivity contribution in [2.45, 2.75) is 37.9 Å². The van der Waals surface area contributed by atoms with Crippen LogP contribution in [-0.2, 0) is 12.4 Å². The first-order valence-corrected chi connectivity index (χ1v) is 5.18. The molecule has 1 aromatic rings. The summed E-state index contributed by atoms with van der Waals surface area (Å²) in [6.07, 6.45) is -0.937. The molecule has 0 radical (unpaired) electrons. The first-order valence-electron chi connectivity index (χ1n) is 4.64. The van der Waals surface area contributed by atoms with E-state index in [1.165, 1.54) is 0 Å². The largest absolute Gasteiger partial charge is 0.389 e. The molecular formula is C9H12ClF3N2. The number of halogens is 4. The highest BCUT2D eigenvalue weighted by Gasteiger charge is 2.25. The molecule has 6 heteroatoms. The van der Waals surface area contributed by atoms with Crippen LogP contribution < -0.4 is 0 Å². The first-order chi connectivity index (χ1) is 7.03. The number of imidazole rings is 1. The Bertz CT molecular complexity index is 296. The van der Waals surface area contributed by atoms with Crippen LogP contribution in [0.1, 0.15) is 25.0 Å². The number of hydrogen-bond donors (Lipinski definition) is 0. The van der Waals surface area contributed by atoms with Crippen molar-refractivity contribution in [3.8, 4) is 0 Å². The van der Waals surface area contributed by atoms with Crippen molar-refractivity contribution in [1.29, 1.82) is 0 Å². The molecule has 2 nitrogen and oxygen atoms in total. The van der Waals surface area contributed by atoms with Crippen LogP contribution in [0.15, 0.2) is 12.5 Å². The van der Waals surface area contributed by atoms with Gasteiger partial charge in [0.1, 0.15) is 0 Å². The van der Waals surface area contributed by atoms with E-state index in [9.17, 15) is 13.2 Å². The smallest absolute Gasteiger partial charge is 0.333 e. The molecule has 0 N–H and O–H groups in total. The lowest BCUT2D eigenvalue weighted by Gasteiger charge is -2.07. The number of rotatable bonds is 5. The molecule has 0 saturated heterocycles. The molecule has 1 aromatic heterocycles. The highest BCUT2D eigenvalue weighted by Crippen LogP contribution is 2.22. The second kappa shape index (κ2) is 5.39. The minimum atomic E-state index is -4.05. The van der Waals surface area contributed by atoms with E-state index in [2.05, 4.69) is 4.98 Å². The molecule has 1 rings (SSSR count). The van der Waals surface area contributed by atoms with Gasteiger partial charge in [0, 0.05) is 19.2 Å². The zero-order chi connectivity index (χ0) is 11.3. The highest BCUT2D eigenvalue weighted by molar-refractivity contribution is 6.16. The fourth-order valence-electron chi connectivity index (χ4n) is 1.27. The molecule has 0 saturated carbocycles. The summed E-state index contributed by atoms with van der Waals surface area (Å²) in [5.41, 5.74) is 0.837. The number of aromatic nitrogens is 2. The maximum absolute atomic E-state index is 11.8. The van der Waals surface area contributed by atoms with Gasteiger partial charge in [-0.05, 0) is 12.8 Å². The van der Waals surface area contributed by atoms with Crippen molar-refractivity contribution in [3.63, 3.8) is 0 Å². The number of hydrogen-bond acceptors (Lipinski definition) is 1. The zero-order valence-electron chi connectivity index (χ0n) is 8.10. The van der Waals surface area contributed by atoms with Crippen LogP contribution in [0.3, 0.4) is 0 Å². The summed E-state index contributed by atoms with van der Waals surface area (Å²) in [6.45, 7) is 0.540. The molecular weight excluding hydrogens is 229 g/mol. The van der Waals surface area contributed by atoms with Crippen molar-refractivity contribution < 1.29 is 13.2 Å². The van der Waals surface area contributed by atoms with Gasteiger partial charge in [-0.1, -0.05) is 0 Å². The van der Waals surface area contributed by atoms with Gasteiger partial charge in [-0.2, -0.15) is 13.2 Å². The Labute approximate surface area is 91.1 Å². The van der Waals surface area contributed by atoms with Gasteiger partial charge in [0.25, 0.3) is 0 Å². The third-order valence-corrected chi connectivity index (χ3v) is 2.32. The Kier molecular flexibility index (Phi) is 4.45. The fraction of sp³-hybridized carbons (Fsp3) is 0.667. The van der Waals surface area contributed by atoms with Gasteiger partial charge in [-0.3, -0.25) is 0 Å². The standard InChI is InChI=1S/C9H12ClF3N2/c10-5-8-6-14-7-15(8)4-2-1-3-9(11,12)13/h6-7H,1-5H2. The lowest BCUT2D eigenvalue weighted by molar-refractivity contribution is -0.135. The summed E-state index contributed by atoms with van der Waals surface area (Å²) in [6, 6.07) is 0. The summed E-state index contributed by atoms with van der Waals surface area (Å²) >= 11 is 5.62. The average molecular weight is 241 g/mol. The van der Waals surface area contributed by atoms with Gasteiger partial charge < -0.3 is 4.57 Å². The number of aryl methyl sites for hydroxylation is 1. The summed E-state index contributed by atoms with van der Waals surface area (Å²) in [5.74, 6) is 0.333. The van der Waals surface area contributed by atoms with E-state index in [4.69, 9.17) is 11.6 Å². The average Bonchev–Trinajstić information content (AvgIpc) is 2.58. The van der Waals surface area contributed by atoms with E-state index in [0.29, 0.717) is 18.8 Å². The lowest BCUT2D eigenvalue weighted by atomic mass is 10.2. The molecule has 0 aliphatic rings. The highest BCUT2D eigenvalue weighted by atomic mass is 35.5. The molecule has 0 aromatic carbocycles. The van der Waals surface area contributed by atoms with Crippen LogP contribution in [-0.4, -0.2) is 15.7 Å². The lowest BCUT2D eigenvalue weighted by Crippen LogP contribution is -2.08. The van der Waals surface area contributed by atoms with Crippen molar-refractivity contribution in [2.24, 2.45) is 0 Å². The van der Waals surface area contributed by atoms with E-state index >= 15 is 0 Å². The Hall–Kier alpha value is -0.710. The summed E-state index contributed by atoms with van der Waals surface area (Å²) < 4.78 is 37.3. The van der Waals surface area contributed by atoms with Gasteiger partial charge in [0.2, 0.25) is 0 Å². The van der Waals surface area contributed by atoms with Gasteiger partial charge in [-0.25, -0.2) is 4.98 Å². The van der Waals surface area contributed by atoms with Gasteiger partial charge in [-0.15, -0.1) is 11.6 Å². The van der Waals surface area contributed by atoms with Gasteiger partial charge >= 0.3 is 6.18 Å². The van der Waals surface area contributed by atoms with E-state index in [1.807, 2.05) is 0 Å². The van der Waals surface area contributed by atoms with Crippen LogP contribution >= 0.6 is 11.6 Å². The Balaban J connectivity index is 2.26. The summed E-state index contributed by atoms with van der Waals surface area (Å²) in [4.78, 5) is 3.88. The predicted octanol–water partition coefficient (Wildman–Crippen LogP) is 3.35. The van der Waals surface area contributed by atoms with E-state index in [-0.39, 0.29) is 6.42 Å². The van der Waals surface area contributed by atoms with E-state index in [0.717, 1.165) is 5.69 Å². The molecule has 0 aliphatic carbocycles. The van der Waals surface area contributed by atoms with Crippen molar-refractivity contribution in [2.75, 3.05) is 0 Å². The van der Waals surface area contributed by atoms with Gasteiger partial charge in [0.15, 0.2) is 0 Å². The minimum absolute atomic E-state index is 0.142. The van der Waals surface area contributed by atoms with Crippen LogP contribution in [0.4, 0.5) is 13.2 Å². The number of alkyl halides is 4. The third kappa shape index (κ3) is 4.55. The Morgan fingerprint density at radius 1 is 1.33 bits per heavy atom. The third-order valence-electron chi connectivity index (χ3n) is 2.04. The minimum Gasteiger partial charge on any atom is -0.333 e. The van der Waals surface area contributed by atoms with Crippen molar-refractivity contribution in [3.05, 3.63) is 18.2 Å².